The molecule has 0 aliphatic heterocycles. The number of carbonyl (C=O) groups excluding carboxylic acids is 3. The number of hydrogen-bond acceptors (Lipinski definition) is 4. The van der Waals surface area contributed by atoms with Gasteiger partial charge in [0.2, 0.25) is 0 Å². The normalized spacial score (nSPS) is 13.2. The first-order valence-corrected chi connectivity index (χ1v) is 7.63. The number of rotatable bonds is 4. The highest BCUT2D eigenvalue weighted by atomic mass is 16.5. The van der Waals surface area contributed by atoms with Crippen LogP contribution in [0.1, 0.15) is 12.8 Å². The Kier molecular flexibility index (Phi) is 4.60. The van der Waals surface area contributed by atoms with Crippen LogP contribution in [0.4, 0.5) is 0 Å². The van der Waals surface area contributed by atoms with Gasteiger partial charge in [-0.05, 0) is 35.7 Å². The van der Waals surface area contributed by atoms with Crippen molar-refractivity contribution >= 4 is 28.5 Å². The average Bonchev–Trinajstić information content (AvgIpc) is 3.41. The minimum atomic E-state index is -0.902. The summed E-state index contributed by atoms with van der Waals surface area (Å²) in [6.45, 7) is -0.275. The summed E-state index contributed by atoms with van der Waals surface area (Å²) < 4.78 is 5.38. The highest BCUT2D eigenvalue weighted by Crippen LogP contribution is 2.20. The molecule has 24 heavy (non-hydrogen) atoms. The lowest BCUT2D eigenvalue weighted by Gasteiger charge is -2.09. The number of hydrazine groups is 1. The number of hydrogen-bond donors (Lipinski definition) is 3. The molecule has 2 aromatic rings. The van der Waals surface area contributed by atoms with E-state index in [1.54, 1.807) is 6.07 Å². The zero-order valence-corrected chi connectivity index (χ0v) is 12.9. The smallest absolute Gasteiger partial charge is 0.327 e. The summed E-state index contributed by atoms with van der Waals surface area (Å²) in [6.07, 6.45) is 1.76. The van der Waals surface area contributed by atoms with E-state index in [0.717, 1.165) is 23.6 Å². The molecular formula is C17H17N3O4. The Hall–Kier alpha value is -3.09. The lowest BCUT2D eigenvalue weighted by atomic mass is 10.1. The fourth-order valence-corrected chi connectivity index (χ4v) is 2.10. The summed E-state index contributed by atoms with van der Waals surface area (Å²) in [5, 5.41) is 4.59. The molecule has 0 radical (unpaired) electrons. The van der Waals surface area contributed by atoms with Crippen molar-refractivity contribution in [2.75, 3.05) is 6.61 Å². The quantitative estimate of drug-likeness (QED) is 0.567. The molecule has 0 unspecified atom stereocenters. The minimum absolute atomic E-state index is 0.0789. The number of carbonyl (C=O) groups is 3. The van der Waals surface area contributed by atoms with Crippen molar-refractivity contribution in [3.63, 3.8) is 0 Å². The van der Waals surface area contributed by atoms with Gasteiger partial charge in [0.15, 0.2) is 6.61 Å². The Balaban J connectivity index is 1.44. The molecule has 7 heteroatoms. The van der Waals surface area contributed by atoms with Crippen LogP contribution in [0.15, 0.2) is 42.5 Å². The highest BCUT2D eigenvalue weighted by molar-refractivity contribution is 6.35. The number of benzene rings is 2. The maximum Gasteiger partial charge on any atom is 0.327 e. The molecule has 124 valence electrons. The summed E-state index contributed by atoms with van der Waals surface area (Å²) in [7, 11) is 0. The highest BCUT2D eigenvalue weighted by Gasteiger charge is 2.26. The zero-order chi connectivity index (χ0) is 16.9. The summed E-state index contributed by atoms with van der Waals surface area (Å²) in [4.78, 5) is 34.5. The van der Waals surface area contributed by atoms with E-state index in [4.69, 9.17) is 4.74 Å². The molecule has 2 aromatic carbocycles. The molecule has 1 fully saturated rings. The van der Waals surface area contributed by atoms with Gasteiger partial charge in [-0.1, -0.05) is 30.3 Å². The van der Waals surface area contributed by atoms with Gasteiger partial charge in [-0.25, -0.2) is 0 Å². The maximum atomic E-state index is 11.7. The molecule has 7 nitrogen and oxygen atoms in total. The second kappa shape index (κ2) is 6.99. The van der Waals surface area contributed by atoms with E-state index in [0.29, 0.717) is 5.75 Å². The monoisotopic (exact) mass is 327 g/mol. The van der Waals surface area contributed by atoms with E-state index in [9.17, 15) is 14.4 Å². The molecule has 3 rings (SSSR count). The van der Waals surface area contributed by atoms with Gasteiger partial charge in [-0.2, -0.15) is 0 Å². The Morgan fingerprint density at radius 2 is 1.71 bits per heavy atom. The molecule has 0 aromatic heterocycles. The van der Waals surface area contributed by atoms with Crippen LogP contribution in [0.25, 0.3) is 10.8 Å². The molecule has 0 atom stereocenters. The molecule has 0 spiro atoms. The molecule has 1 saturated carbocycles. The summed E-state index contributed by atoms with van der Waals surface area (Å²) in [5.41, 5.74) is 4.19. The van der Waals surface area contributed by atoms with Gasteiger partial charge >= 0.3 is 11.8 Å². The predicted octanol–water partition coefficient (Wildman–Crippen LogP) is 0.645. The standard InChI is InChI=1S/C17H17N3O4/c21-15(19-20-17(23)16(22)18-13-6-7-13)10-24-14-8-5-11-3-1-2-4-12(11)9-14/h1-5,8-9,13H,6-7,10H2,(H,18,22)(H,19,21)(H,20,23). The van der Waals surface area contributed by atoms with Crippen molar-refractivity contribution in [1.82, 2.24) is 16.2 Å². The molecule has 0 saturated heterocycles. The number of amides is 3. The molecule has 1 aliphatic rings. The third-order valence-electron chi connectivity index (χ3n) is 3.53. The van der Waals surface area contributed by atoms with E-state index in [-0.39, 0.29) is 12.6 Å². The first-order chi connectivity index (χ1) is 11.6. The van der Waals surface area contributed by atoms with Crippen molar-refractivity contribution in [2.45, 2.75) is 18.9 Å². The van der Waals surface area contributed by atoms with Gasteiger partial charge in [0.1, 0.15) is 5.75 Å². The molecule has 3 amide bonds. The Morgan fingerprint density at radius 3 is 2.46 bits per heavy atom. The van der Waals surface area contributed by atoms with Gasteiger partial charge < -0.3 is 10.1 Å². The van der Waals surface area contributed by atoms with Gasteiger partial charge in [-0.3, -0.25) is 25.2 Å². The van der Waals surface area contributed by atoms with Crippen LogP contribution in [0.2, 0.25) is 0 Å². The van der Waals surface area contributed by atoms with Crippen LogP contribution < -0.4 is 20.9 Å². The van der Waals surface area contributed by atoms with Crippen molar-refractivity contribution in [2.24, 2.45) is 0 Å². The molecule has 1 aliphatic carbocycles. The molecular weight excluding hydrogens is 310 g/mol. The number of nitrogens with one attached hydrogen (secondary N) is 3. The van der Waals surface area contributed by atoms with Crippen LogP contribution in [-0.4, -0.2) is 30.4 Å². The van der Waals surface area contributed by atoms with Crippen LogP contribution >= 0.6 is 0 Å². The van der Waals surface area contributed by atoms with Gasteiger partial charge in [0, 0.05) is 6.04 Å². The van der Waals surface area contributed by atoms with E-state index in [2.05, 4.69) is 16.2 Å². The lowest BCUT2D eigenvalue weighted by molar-refractivity contribution is -0.141. The molecule has 0 bridgehead atoms. The number of fused-ring (bicyclic) bond motifs is 1. The summed E-state index contributed by atoms with van der Waals surface area (Å²) in [5.74, 6) is -1.67. The second-order valence-electron chi connectivity index (χ2n) is 5.55. The van der Waals surface area contributed by atoms with Crippen molar-refractivity contribution < 1.29 is 19.1 Å². The Bertz CT molecular complexity index is 786. The fourth-order valence-electron chi connectivity index (χ4n) is 2.10. The van der Waals surface area contributed by atoms with E-state index >= 15 is 0 Å². The lowest BCUT2D eigenvalue weighted by Crippen LogP contribution is -2.50. The van der Waals surface area contributed by atoms with E-state index in [1.807, 2.05) is 36.4 Å². The summed E-state index contributed by atoms with van der Waals surface area (Å²) in [6, 6.07) is 13.3. The summed E-state index contributed by atoms with van der Waals surface area (Å²) >= 11 is 0. The van der Waals surface area contributed by atoms with Crippen LogP contribution in [0.5, 0.6) is 5.75 Å². The Labute approximate surface area is 138 Å². The van der Waals surface area contributed by atoms with Crippen molar-refractivity contribution in [3.8, 4) is 5.75 Å². The van der Waals surface area contributed by atoms with Crippen molar-refractivity contribution in [1.29, 1.82) is 0 Å². The van der Waals surface area contributed by atoms with Crippen molar-refractivity contribution in [3.05, 3.63) is 42.5 Å². The van der Waals surface area contributed by atoms with Crippen LogP contribution in [-0.2, 0) is 14.4 Å². The fraction of sp³-hybridized carbons (Fsp3) is 0.235. The van der Waals surface area contributed by atoms with E-state index in [1.165, 1.54) is 0 Å². The molecule has 3 N–H and O–H groups in total. The predicted molar refractivity (Wildman–Crippen MR) is 86.9 cm³/mol. The first-order valence-electron chi connectivity index (χ1n) is 7.63. The Morgan fingerprint density at radius 1 is 0.958 bits per heavy atom. The third-order valence-corrected chi connectivity index (χ3v) is 3.53. The maximum absolute atomic E-state index is 11.7. The zero-order valence-electron chi connectivity index (χ0n) is 12.9. The van der Waals surface area contributed by atoms with Gasteiger partial charge in [-0.15, -0.1) is 0 Å². The van der Waals surface area contributed by atoms with Crippen LogP contribution in [0.3, 0.4) is 0 Å². The second-order valence-corrected chi connectivity index (χ2v) is 5.55. The van der Waals surface area contributed by atoms with Gasteiger partial charge in [0.25, 0.3) is 5.91 Å². The third kappa shape index (κ3) is 4.22. The topological polar surface area (TPSA) is 96.5 Å². The van der Waals surface area contributed by atoms with Gasteiger partial charge in [0.05, 0.1) is 0 Å². The first kappa shape index (κ1) is 15.8. The SMILES string of the molecule is O=C(COc1ccc2ccccc2c1)NNC(=O)C(=O)NC1CC1. The largest absolute Gasteiger partial charge is 0.484 e. The van der Waals surface area contributed by atoms with E-state index < -0.39 is 17.7 Å². The average molecular weight is 327 g/mol. The van der Waals surface area contributed by atoms with Crippen LogP contribution in [0, 0.1) is 0 Å². The molecule has 0 heterocycles. The minimum Gasteiger partial charge on any atom is -0.484 e. The number of ether oxygens (including phenoxy) is 1.